The molecule has 0 aliphatic carbocycles. The highest BCUT2D eigenvalue weighted by Crippen LogP contribution is 2.33. The molecule has 0 fully saturated rings. The summed E-state index contributed by atoms with van der Waals surface area (Å²) in [6.07, 6.45) is 2.67. The highest BCUT2D eigenvalue weighted by Gasteiger charge is 2.23. The second-order valence-corrected chi connectivity index (χ2v) is 9.38. The summed E-state index contributed by atoms with van der Waals surface area (Å²) in [5, 5.41) is 9.51. The van der Waals surface area contributed by atoms with Crippen molar-refractivity contribution in [3.8, 4) is 11.5 Å². The summed E-state index contributed by atoms with van der Waals surface area (Å²) >= 11 is 0. The number of aromatic nitrogens is 2. The predicted octanol–water partition coefficient (Wildman–Crippen LogP) is 3.14. The molecule has 1 aromatic heterocycles. The number of nitrogens with zero attached hydrogens (tertiary/aromatic N) is 2. The molecule has 7 nitrogen and oxygen atoms in total. The van der Waals surface area contributed by atoms with Crippen LogP contribution in [0.25, 0.3) is 0 Å². The molecule has 0 saturated heterocycles. The first-order valence-electron chi connectivity index (χ1n) is 9.42. The van der Waals surface area contributed by atoms with Crippen LogP contribution < -0.4 is 9.46 Å². The van der Waals surface area contributed by atoms with Gasteiger partial charge < -0.3 is 9.84 Å². The molecule has 3 rings (SSSR count). The fraction of sp³-hybridized carbons (Fsp3) is 0.273. The Morgan fingerprint density at radius 3 is 2.20 bits per heavy atom. The van der Waals surface area contributed by atoms with Gasteiger partial charge in [0.25, 0.3) is 0 Å². The van der Waals surface area contributed by atoms with Crippen LogP contribution in [0.15, 0.2) is 60.8 Å². The van der Waals surface area contributed by atoms with Gasteiger partial charge in [-0.15, -0.1) is 0 Å². The Hall–Kier alpha value is -2.97. The first kappa shape index (κ1) is 21.7. The van der Waals surface area contributed by atoms with E-state index in [1.165, 1.54) is 0 Å². The maximum atomic E-state index is 11.2. The van der Waals surface area contributed by atoms with Gasteiger partial charge >= 0.3 is 0 Å². The number of ether oxygens (including phenoxy) is 1. The van der Waals surface area contributed by atoms with Crippen molar-refractivity contribution in [2.24, 2.45) is 0 Å². The number of aromatic hydroxyl groups is 1. The Bertz CT molecular complexity index is 1100. The summed E-state index contributed by atoms with van der Waals surface area (Å²) in [7, 11) is -3.30. The Balaban J connectivity index is 1.64. The molecule has 0 spiro atoms. The molecule has 1 heterocycles. The number of phenolic OH excluding ortho intramolecular Hbond substituents is 1. The first-order valence-corrected chi connectivity index (χ1v) is 11.3. The van der Waals surface area contributed by atoms with E-state index >= 15 is 0 Å². The van der Waals surface area contributed by atoms with Gasteiger partial charge in [0, 0.05) is 11.6 Å². The average Bonchev–Trinajstić information content (AvgIpc) is 2.71. The third kappa shape index (κ3) is 5.77. The van der Waals surface area contributed by atoms with E-state index in [-0.39, 0.29) is 24.3 Å². The highest BCUT2D eigenvalue weighted by molar-refractivity contribution is 7.88. The first-order chi connectivity index (χ1) is 14.1. The number of benzene rings is 2. The van der Waals surface area contributed by atoms with E-state index in [1.807, 2.05) is 36.4 Å². The summed E-state index contributed by atoms with van der Waals surface area (Å²) in [5.41, 5.74) is 2.66. The van der Waals surface area contributed by atoms with Crippen LogP contribution in [0.1, 0.15) is 36.5 Å². The van der Waals surface area contributed by atoms with Crippen LogP contribution in [-0.4, -0.2) is 29.7 Å². The number of nitrogens with one attached hydrogen (secondary N) is 1. The molecule has 0 aliphatic rings. The van der Waals surface area contributed by atoms with Crippen molar-refractivity contribution in [1.82, 2.24) is 14.7 Å². The van der Waals surface area contributed by atoms with Crippen LogP contribution in [0.2, 0.25) is 0 Å². The quantitative estimate of drug-likeness (QED) is 0.573. The molecule has 8 heteroatoms. The van der Waals surface area contributed by atoms with E-state index in [1.54, 1.807) is 24.4 Å². The van der Waals surface area contributed by atoms with Crippen molar-refractivity contribution in [2.45, 2.75) is 32.4 Å². The number of phenols is 1. The summed E-state index contributed by atoms with van der Waals surface area (Å²) in [5.74, 6) is 1.33. The maximum absolute atomic E-state index is 11.2. The van der Waals surface area contributed by atoms with E-state index in [9.17, 15) is 13.5 Å². The fourth-order valence-corrected chi connectivity index (χ4v) is 3.36. The van der Waals surface area contributed by atoms with Crippen LogP contribution in [0.4, 0.5) is 0 Å². The number of hydrogen-bond donors (Lipinski definition) is 2. The van der Waals surface area contributed by atoms with Crippen LogP contribution in [0.3, 0.4) is 0 Å². The molecule has 0 saturated carbocycles. The monoisotopic (exact) mass is 427 g/mol. The van der Waals surface area contributed by atoms with E-state index in [4.69, 9.17) is 4.74 Å². The zero-order valence-electron chi connectivity index (χ0n) is 17.2. The number of sulfonamides is 1. The van der Waals surface area contributed by atoms with Gasteiger partial charge in [-0.05, 0) is 41.5 Å². The largest absolute Gasteiger partial charge is 0.508 e. The minimum absolute atomic E-state index is 0.0354. The van der Waals surface area contributed by atoms with Crippen LogP contribution in [0, 0.1) is 0 Å². The van der Waals surface area contributed by atoms with Gasteiger partial charge in [-0.2, -0.15) is 0 Å². The number of rotatable bonds is 8. The van der Waals surface area contributed by atoms with Crippen molar-refractivity contribution in [2.75, 3.05) is 6.26 Å². The zero-order chi connectivity index (χ0) is 21.8. The second kappa shape index (κ2) is 8.81. The Kier molecular flexibility index (Phi) is 6.38. The van der Waals surface area contributed by atoms with E-state index in [0.717, 1.165) is 17.4 Å². The van der Waals surface area contributed by atoms with Gasteiger partial charge in [0.2, 0.25) is 10.0 Å². The smallest absolute Gasteiger partial charge is 0.209 e. The van der Waals surface area contributed by atoms with Crippen LogP contribution in [0.5, 0.6) is 11.5 Å². The summed E-state index contributed by atoms with van der Waals surface area (Å²) < 4.78 is 30.6. The SMILES string of the molecule is CC(C)(c1ccc(O)cc1)c1ccc(OCc2ccnc(CNS(C)(=O)=O)n2)cc1. The van der Waals surface area contributed by atoms with E-state index in [2.05, 4.69) is 28.5 Å². The molecule has 2 N–H and O–H groups in total. The summed E-state index contributed by atoms with van der Waals surface area (Å²) in [6.45, 7) is 4.53. The molecular weight excluding hydrogens is 402 g/mol. The predicted molar refractivity (Wildman–Crippen MR) is 115 cm³/mol. The Morgan fingerprint density at radius 2 is 1.60 bits per heavy atom. The number of hydrogen-bond acceptors (Lipinski definition) is 6. The van der Waals surface area contributed by atoms with Crippen molar-refractivity contribution < 1.29 is 18.3 Å². The van der Waals surface area contributed by atoms with Crippen LogP contribution in [-0.2, 0) is 28.6 Å². The fourth-order valence-electron chi connectivity index (χ4n) is 2.97. The molecular formula is C22H25N3O4S. The normalized spacial score (nSPS) is 12.0. The lowest BCUT2D eigenvalue weighted by Crippen LogP contribution is -2.22. The van der Waals surface area contributed by atoms with Crippen molar-refractivity contribution in [3.63, 3.8) is 0 Å². The summed E-state index contributed by atoms with van der Waals surface area (Å²) in [6, 6.07) is 16.8. The summed E-state index contributed by atoms with van der Waals surface area (Å²) in [4.78, 5) is 8.37. The molecule has 30 heavy (non-hydrogen) atoms. The molecule has 0 aliphatic heterocycles. The van der Waals surface area contributed by atoms with E-state index < -0.39 is 10.0 Å². The topological polar surface area (TPSA) is 101 Å². The minimum Gasteiger partial charge on any atom is -0.508 e. The third-order valence-corrected chi connectivity index (χ3v) is 5.48. The molecule has 0 radical (unpaired) electrons. The van der Waals surface area contributed by atoms with Gasteiger partial charge in [0.1, 0.15) is 23.9 Å². The van der Waals surface area contributed by atoms with Gasteiger partial charge in [0.15, 0.2) is 0 Å². The van der Waals surface area contributed by atoms with Gasteiger partial charge in [-0.1, -0.05) is 38.1 Å². The molecule has 2 aromatic carbocycles. The third-order valence-electron chi connectivity index (χ3n) is 4.81. The van der Waals surface area contributed by atoms with Gasteiger partial charge in [-0.25, -0.2) is 23.1 Å². The molecule has 0 unspecified atom stereocenters. The maximum Gasteiger partial charge on any atom is 0.209 e. The Morgan fingerprint density at radius 1 is 1.00 bits per heavy atom. The molecule has 0 amide bonds. The molecule has 0 atom stereocenters. The standard InChI is InChI=1S/C22H25N3O4S/c1-22(2,16-4-8-19(26)9-5-16)17-6-10-20(11-7-17)29-15-18-12-13-23-21(25-18)14-24-30(3,27)28/h4-13,24,26H,14-15H2,1-3H3. The molecule has 158 valence electrons. The zero-order valence-corrected chi connectivity index (χ0v) is 18.0. The lowest BCUT2D eigenvalue weighted by Gasteiger charge is -2.26. The lowest BCUT2D eigenvalue weighted by molar-refractivity contribution is 0.300. The van der Waals surface area contributed by atoms with E-state index in [0.29, 0.717) is 17.3 Å². The van der Waals surface area contributed by atoms with Gasteiger partial charge in [-0.3, -0.25) is 0 Å². The Labute approximate surface area is 176 Å². The lowest BCUT2D eigenvalue weighted by atomic mass is 9.78. The van der Waals surface area contributed by atoms with Crippen molar-refractivity contribution >= 4 is 10.0 Å². The van der Waals surface area contributed by atoms with Crippen LogP contribution >= 0.6 is 0 Å². The van der Waals surface area contributed by atoms with Gasteiger partial charge in [0.05, 0.1) is 18.5 Å². The second-order valence-electron chi connectivity index (χ2n) is 7.54. The van der Waals surface area contributed by atoms with Crippen molar-refractivity contribution in [1.29, 1.82) is 0 Å². The molecule has 3 aromatic rings. The molecule has 0 bridgehead atoms. The minimum atomic E-state index is -3.30. The highest BCUT2D eigenvalue weighted by atomic mass is 32.2. The average molecular weight is 428 g/mol. The van der Waals surface area contributed by atoms with Crippen molar-refractivity contribution in [3.05, 3.63) is 83.4 Å².